The van der Waals surface area contributed by atoms with Gasteiger partial charge < -0.3 is 18.6 Å². The zero-order chi connectivity index (χ0) is 58.6. The Morgan fingerprint density at radius 3 is 1.15 bits per heavy atom. The lowest BCUT2D eigenvalue weighted by atomic mass is 9.67. The zero-order valence-electron chi connectivity index (χ0n) is 48.4. The van der Waals surface area contributed by atoms with Crippen LogP contribution >= 0.6 is 0 Å². The van der Waals surface area contributed by atoms with Gasteiger partial charge in [-0.05, 0) is 162 Å². The van der Waals surface area contributed by atoms with Crippen LogP contribution in [0.4, 0.5) is 34.1 Å². The van der Waals surface area contributed by atoms with Gasteiger partial charge in [-0.2, -0.15) is 0 Å². The number of rotatable bonds is 10. The van der Waals surface area contributed by atoms with Crippen molar-refractivity contribution in [3.05, 3.63) is 350 Å². The average Bonchev–Trinajstić information content (AvgIpc) is 1.58. The second-order valence-corrected chi connectivity index (χ2v) is 23.4. The molecular weight excluding hydrogens is 1080 g/mol. The summed E-state index contributed by atoms with van der Waals surface area (Å²) in [5.74, 6) is 0. The molecule has 2 heterocycles. The van der Waals surface area contributed by atoms with E-state index >= 15 is 0 Å². The molecule has 1 aliphatic carbocycles. The molecule has 4 nitrogen and oxygen atoms in total. The van der Waals surface area contributed by atoms with Crippen LogP contribution in [-0.2, 0) is 5.41 Å². The van der Waals surface area contributed by atoms with Crippen LogP contribution in [0.5, 0.6) is 0 Å². The van der Waals surface area contributed by atoms with Gasteiger partial charge in [0, 0.05) is 55.4 Å². The molecule has 0 fully saturated rings. The second kappa shape index (κ2) is 20.2. The van der Waals surface area contributed by atoms with Crippen LogP contribution in [0.1, 0.15) is 22.3 Å². The van der Waals surface area contributed by atoms with Crippen molar-refractivity contribution >= 4 is 110 Å². The van der Waals surface area contributed by atoms with Crippen LogP contribution in [0, 0.1) is 0 Å². The van der Waals surface area contributed by atoms with E-state index in [0.717, 1.165) is 116 Å². The molecule has 0 spiro atoms. The molecule has 0 radical (unpaired) electrons. The minimum Gasteiger partial charge on any atom is -0.453 e. The van der Waals surface area contributed by atoms with Crippen molar-refractivity contribution in [2.75, 3.05) is 9.80 Å². The quantitative estimate of drug-likeness (QED) is 0.137. The first-order valence-corrected chi connectivity index (χ1v) is 30.6. The molecule has 0 saturated carbocycles. The molecule has 15 aromatic carbocycles. The predicted octanol–water partition coefficient (Wildman–Crippen LogP) is 23.6. The van der Waals surface area contributed by atoms with Gasteiger partial charge in [-0.25, -0.2) is 0 Å². The number of nitrogens with zero attached hydrogens (tertiary/aromatic N) is 2. The van der Waals surface area contributed by atoms with Gasteiger partial charge in [0.15, 0.2) is 11.2 Å². The highest BCUT2D eigenvalue weighted by molar-refractivity contribution is 6.26. The number of benzene rings is 15. The molecule has 0 bridgehead atoms. The normalized spacial score (nSPS) is 12.6. The molecule has 0 atom stereocenters. The summed E-state index contributed by atoms with van der Waals surface area (Å²) in [5, 5.41) is 11.3. The summed E-state index contributed by atoms with van der Waals surface area (Å²) in [6.07, 6.45) is 0. The Kier molecular flexibility index (Phi) is 11.5. The maximum absolute atomic E-state index is 7.37. The first-order valence-electron chi connectivity index (χ1n) is 30.6. The van der Waals surface area contributed by atoms with E-state index < -0.39 is 5.41 Å². The summed E-state index contributed by atoms with van der Waals surface area (Å²) in [6, 6.07) is 119. The number of furan rings is 2. The van der Waals surface area contributed by atoms with Gasteiger partial charge in [-0.15, -0.1) is 0 Å². The first kappa shape index (κ1) is 50.6. The smallest absolute Gasteiger partial charge is 0.159 e. The van der Waals surface area contributed by atoms with Crippen molar-refractivity contribution in [3.8, 4) is 33.4 Å². The Morgan fingerprint density at radius 2 is 0.640 bits per heavy atom. The molecule has 416 valence electrons. The van der Waals surface area contributed by atoms with E-state index in [1.807, 2.05) is 0 Å². The fourth-order valence-electron chi connectivity index (χ4n) is 14.8. The molecule has 0 saturated heterocycles. The summed E-state index contributed by atoms with van der Waals surface area (Å²) in [4.78, 5) is 4.77. The van der Waals surface area contributed by atoms with Gasteiger partial charge in [0.25, 0.3) is 0 Å². The monoisotopic (exact) mass is 1130 g/mol. The highest BCUT2D eigenvalue weighted by Crippen LogP contribution is 2.59. The van der Waals surface area contributed by atoms with Crippen molar-refractivity contribution in [1.29, 1.82) is 0 Å². The predicted molar refractivity (Wildman–Crippen MR) is 371 cm³/mol. The molecule has 0 amide bonds. The molecule has 2 aromatic heterocycles. The average molecular weight is 1140 g/mol. The molecule has 1 aliphatic rings. The minimum absolute atomic E-state index is 0.733. The van der Waals surface area contributed by atoms with Crippen LogP contribution in [0.3, 0.4) is 0 Å². The van der Waals surface area contributed by atoms with Crippen molar-refractivity contribution in [2.24, 2.45) is 0 Å². The maximum Gasteiger partial charge on any atom is 0.159 e. The SMILES string of the molecule is c1ccc(-c2cc3ccccc3c3c2oc2c(N(c4ccccc4)c4ccc5c(c4)C(c4ccccc4)(c4ccccc4)c4cc6cc(N(c7ccccc7)c7cccc8c7oc7c(-c9ccccc9)cc9ccccc9c78)ccc6cc4-5)cccc23)cc1. The van der Waals surface area contributed by atoms with E-state index in [9.17, 15) is 0 Å². The van der Waals surface area contributed by atoms with Crippen LogP contribution < -0.4 is 9.80 Å². The minimum atomic E-state index is -0.733. The van der Waals surface area contributed by atoms with E-state index in [4.69, 9.17) is 8.83 Å². The summed E-state index contributed by atoms with van der Waals surface area (Å²) >= 11 is 0. The molecular formula is C85H54N2O2. The van der Waals surface area contributed by atoms with Gasteiger partial charge >= 0.3 is 0 Å². The zero-order valence-corrected chi connectivity index (χ0v) is 48.4. The molecule has 17 aromatic rings. The van der Waals surface area contributed by atoms with Gasteiger partial charge in [-0.3, -0.25) is 0 Å². The Bertz CT molecular complexity index is 5560. The molecule has 18 rings (SSSR count). The number of anilines is 6. The van der Waals surface area contributed by atoms with Crippen molar-refractivity contribution in [2.45, 2.75) is 5.41 Å². The fourth-order valence-corrected chi connectivity index (χ4v) is 14.8. The van der Waals surface area contributed by atoms with Gasteiger partial charge in [0.1, 0.15) is 11.2 Å². The molecule has 4 heteroatoms. The van der Waals surface area contributed by atoms with Gasteiger partial charge in [0.2, 0.25) is 0 Å². The second-order valence-electron chi connectivity index (χ2n) is 23.4. The third kappa shape index (κ3) is 7.80. The van der Waals surface area contributed by atoms with Crippen molar-refractivity contribution in [3.63, 3.8) is 0 Å². The van der Waals surface area contributed by atoms with E-state index in [1.165, 1.54) is 49.5 Å². The number of fused-ring (bicyclic) bond motifs is 14. The van der Waals surface area contributed by atoms with Gasteiger partial charge in [-0.1, -0.05) is 243 Å². The molecule has 0 aliphatic heterocycles. The van der Waals surface area contributed by atoms with Crippen LogP contribution in [0.2, 0.25) is 0 Å². The highest BCUT2D eigenvalue weighted by Gasteiger charge is 2.47. The van der Waals surface area contributed by atoms with E-state index in [2.05, 4.69) is 337 Å². The largest absolute Gasteiger partial charge is 0.453 e. The lowest BCUT2D eigenvalue weighted by Crippen LogP contribution is -2.28. The molecule has 89 heavy (non-hydrogen) atoms. The summed E-state index contributed by atoms with van der Waals surface area (Å²) in [6.45, 7) is 0. The van der Waals surface area contributed by atoms with E-state index in [0.29, 0.717) is 0 Å². The third-order valence-electron chi connectivity index (χ3n) is 18.6. The summed E-state index contributed by atoms with van der Waals surface area (Å²) < 4.78 is 14.7. The van der Waals surface area contributed by atoms with Crippen LogP contribution in [0.15, 0.2) is 336 Å². The lowest BCUT2D eigenvalue weighted by Gasteiger charge is -2.35. The van der Waals surface area contributed by atoms with Crippen molar-refractivity contribution < 1.29 is 8.83 Å². The van der Waals surface area contributed by atoms with Crippen LogP contribution in [0.25, 0.3) is 110 Å². The number of hydrogen-bond donors (Lipinski definition) is 0. The Balaban J connectivity index is 0.852. The van der Waals surface area contributed by atoms with E-state index in [-0.39, 0.29) is 0 Å². The Morgan fingerprint density at radius 1 is 0.236 bits per heavy atom. The number of para-hydroxylation sites is 4. The lowest BCUT2D eigenvalue weighted by molar-refractivity contribution is 0.670. The van der Waals surface area contributed by atoms with Crippen LogP contribution in [-0.4, -0.2) is 0 Å². The first-order chi connectivity index (χ1) is 44.2. The Labute approximate surface area is 514 Å². The topological polar surface area (TPSA) is 32.8 Å². The van der Waals surface area contributed by atoms with Gasteiger partial charge in [0.05, 0.1) is 16.8 Å². The standard InChI is InChI=1S/C85H54N2O2/c1-7-25-55(26-8-1)72-51-58-29-19-21-39-67(58)79-70-41-23-43-77(81(70)88-83(72)79)86(63-35-15-5-16-36-63)65-46-45-57-50-74-69-48-47-66(54-76(69)85(61-31-11-3-12-32-61,62-33-13-4-14-34-62)75(74)53-60(57)49-65)87(64-37-17-6-18-38-64)78-44-24-42-71-80-68-40-22-20-30-59(68)52-73(84(80)89-82(71)78)56-27-9-2-10-28-56/h1-54H. The third-order valence-corrected chi connectivity index (χ3v) is 18.6. The number of hydrogen-bond acceptors (Lipinski definition) is 4. The highest BCUT2D eigenvalue weighted by atomic mass is 16.3. The maximum atomic E-state index is 7.37. The fraction of sp³-hybridized carbons (Fsp3) is 0.0118. The van der Waals surface area contributed by atoms with Crippen molar-refractivity contribution in [1.82, 2.24) is 0 Å². The summed E-state index contributed by atoms with van der Waals surface area (Å²) in [5.41, 5.74) is 20.3. The molecule has 0 unspecified atom stereocenters. The van der Waals surface area contributed by atoms with E-state index in [1.54, 1.807) is 0 Å². The summed E-state index contributed by atoms with van der Waals surface area (Å²) in [7, 11) is 0. The molecule has 0 N–H and O–H groups in total. The Hall–Kier alpha value is -11.7.